The molecule has 0 bridgehead atoms. The van der Waals surface area contributed by atoms with Crippen LogP contribution in [0.1, 0.15) is 55.4 Å². The van der Waals surface area contributed by atoms with Gasteiger partial charge in [-0.1, -0.05) is 61.4 Å². The minimum Gasteiger partial charge on any atom is -0.471 e. The van der Waals surface area contributed by atoms with Gasteiger partial charge in [-0.05, 0) is 53.2 Å². The lowest BCUT2D eigenvalue weighted by Crippen LogP contribution is -2.29. The van der Waals surface area contributed by atoms with E-state index < -0.39 is 23.1 Å². The van der Waals surface area contributed by atoms with Gasteiger partial charge in [0, 0.05) is 18.3 Å². The van der Waals surface area contributed by atoms with E-state index in [0.29, 0.717) is 12.1 Å². The second-order valence-corrected chi connectivity index (χ2v) is 8.41. The zero-order valence-corrected chi connectivity index (χ0v) is 25.5. The first-order valence-electron chi connectivity index (χ1n) is 12.5. The number of carbonyl (C=O) groups excluding carboxylic acids is 2. The van der Waals surface area contributed by atoms with Crippen LogP contribution in [0.15, 0.2) is 76.0 Å². The number of amides is 2. The summed E-state index contributed by atoms with van der Waals surface area (Å²) in [5.41, 5.74) is 6.92. The van der Waals surface area contributed by atoms with Gasteiger partial charge in [-0.25, -0.2) is 13.8 Å². The molecule has 0 aliphatic carbocycles. The summed E-state index contributed by atoms with van der Waals surface area (Å²) in [5.74, 6) is -1.68. The average molecular weight is 583 g/mol. The normalized spacial score (nSPS) is 13.0. The Hall–Kier alpha value is -3.79. The van der Waals surface area contributed by atoms with Crippen molar-refractivity contribution in [1.29, 1.82) is 0 Å². The number of carbonyl (C=O) groups is 2. The summed E-state index contributed by atoms with van der Waals surface area (Å²) in [7, 11) is 1.48. The van der Waals surface area contributed by atoms with Gasteiger partial charge in [-0.15, -0.1) is 0 Å². The van der Waals surface area contributed by atoms with Crippen molar-refractivity contribution in [2.24, 2.45) is 5.73 Å². The first-order chi connectivity index (χ1) is 18.8. The molecule has 0 saturated heterocycles. The maximum atomic E-state index is 14.0. The van der Waals surface area contributed by atoms with Crippen molar-refractivity contribution < 1.29 is 23.1 Å². The van der Waals surface area contributed by atoms with Crippen LogP contribution in [0.3, 0.4) is 0 Å². The second-order valence-electron chi connectivity index (χ2n) is 8.03. The molecule has 1 rings (SSSR count). The van der Waals surface area contributed by atoms with Crippen LogP contribution in [-0.4, -0.2) is 47.0 Å². The fourth-order valence-corrected chi connectivity index (χ4v) is 2.64. The first kappa shape index (κ1) is 38.4. The highest BCUT2D eigenvalue weighted by Crippen LogP contribution is 2.21. The van der Waals surface area contributed by atoms with E-state index >= 15 is 0 Å². The molecule has 1 aromatic heterocycles. The van der Waals surface area contributed by atoms with Gasteiger partial charge in [0.15, 0.2) is 5.02 Å². The SMILES string of the molecule is CC.CN(C=O)CC(N)=O.C\C=C(C)/C=C\C(C)=C(/C)n1cnc(OCC(=C/C=C(\C)F)/C(F)=C\C)c(Cl)c1=O. The van der Waals surface area contributed by atoms with Gasteiger partial charge in [0.1, 0.15) is 18.8 Å². The number of hydrogen-bond acceptors (Lipinski definition) is 5. The van der Waals surface area contributed by atoms with Crippen molar-refractivity contribution >= 4 is 29.6 Å². The van der Waals surface area contributed by atoms with E-state index in [2.05, 4.69) is 4.98 Å². The molecule has 0 aliphatic heterocycles. The van der Waals surface area contributed by atoms with E-state index in [9.17, 15) is 23.2 Å². The summed E-state index contributed by atoms with van der Waals surface area (Å²) >= 11 is 6.15. The van der Waals surface area contributed by atoms with Gasteiger partial charge in [-0.2, -0.15) is 0 Å². The van der Waals surface area contributed by atoms with Crippen molar-refractivity contribution in [3.8, 4) is 5.88 Å². The molecule has 0 fully saturated rings. The van der Waals surface area contributed by atoms with E-state index in [0.717, 1.165) is 17.2 Å². The molecule has 2 N–H and O–H groups in total. The molecule has 1 aromatic rings. The van der Waals surface area contributed by atoms with Gasteiger partial charge in [0.05, 0.1) is 12.4 Å². The smallest absolute Gasteiger partial charge is 0.280 e. The fourth-order valence-electron chi connectivity index (χ4n) is 2.45. The number of rotatable bonds is 11. The minimum atomic E-state index is -0.574. The van der Waals surface area contributed by atoms with Gasteiger partial charge >= 0.3 is 0 Å². The van der Waals surface area contributed by atoms with Crippen LogP contribution in [0.25, 0.3) is 5.70 Å². The Morgan fingerprint density at radius 1 is 1.12 bits per heavy atom. The highest BCUT2D eigenvalue weighted by Gasteiger charge is 2.14. The van der Waals surface area contributed by atoms with E-state index in [-0.39, 0.29) is 29.6 Å². The van der Waals surface area contributed by atoms with E-state index in [1.54, 1.807) is 6.92 Å². The van der Waals surface area contributed by atoms with Gasteiger partial charge in [-0.3, -0.25) is 19.0 Å². The second kappa shape index (κ2) is 21.1. The lowest BCUT2D eigenvalue weighted by atomic mass is 10.2. The largest absolute Gasteiger partial charge is 0.471 e. The molecule has 1 heterocycles. The van der Waals surface area contributed by atoms with Crippen LogP contribution in [-0.2, 0) is 9.59 Å². The van der Waals surface area contributed by atoms with Crippen molar-refractivity contribution in [3.05, 3.63) is 86.5 Å². The van der Waals surface area contributed by atoms with Crippen LogP contribution >= 0.6 is 11.6 Å². The standard InChI is InChI=1S/C23H27ClF2N2O2.C4H8N2O2.C2H6/c1-7-15(3)9-10-16(4)18(6)28-14-27-22(21(24)23(28)29)30-13-19(20(26)8-2)12-11-17(5)25;1-6(3-7)2-4(5)8;1-2/h7-12,14H,13H2,1-6H3;3H,2H2,1H3,(H2,5,8);1-2H3/b10-9-,15-7-,17-11+,18-16+,19-12-,20-8+;;. The number of nitrogens with two attached hydrogens (primary N) is 1. The molecule has 0 atom stereocenters. The molecule has 0 spiro atoms. The summed E-state index contributed by atoms with van der Waals surface area (Å²) in [6, 6.07) is 0. The molecule has 11 heteroatoms. The summed E-state index contributed by atoms with van der Waals surface area (Å²) < 4.78 is 33.7. The molecule has 2 amide bonds. The van der Waals surface area contributed by atoms with Crippen LogP contribution in [0.4, 0.5) is 8.78 Å². The molecule has 0 aliphatic rings. The Labute approximate surface area is 240 Å². The zero-order valence-electron chi connectivity index (χ0n) is 24.7. The number of nitrogens with zero attached hydrogens (tertiary/aromatic N) is 3. The van der Waals surface area contributed by atoms with Crippen molar-refractivity contribution in [2.75, 3.05) is 20.2 Å². The summed E-state index contributed by atoms with van der Waals surface area (Å²) in [6.07, 6.45) is 11.3. The maximum absolute atomic E-state index is 14.0. The Bertz CT molecular complexity index is 1220. The number of allylic oxidation sites excluding steroid dienone is 10. The predicted molar refractivity (Wildman–Crippen MR) is 159 cm³/mol. The zero-order chi connectivity index (χ0) is 31.4. The lowest BCUT2D eigenvalue weighted by molar-refractivity contribution is -0.125. The van der Waals surface area contributed by atoms with Crippen LogP contribution in [0.2, 0.25) is 5.02 Å². The molecule has 222 valence electrons. The van der Waals surface area contributed by atoms with Crippen LogP contribution < -0.4 is 16.0 Å². The van der Waals surface area contributed by atoms with E-state index in [1.807, 2.05) is 52.8 Å². The third-order valence-electron chi connectivity index (χ3n) is 4.89. The Kier molecular flexibility index (Phi) is 20.2. The fraction of sp³-hybridized carbons (Fsp3) is 0.379. The topological polar surface area (TPSA) is 108 Å². The maximum Gasteiger partial charge on any atom is 0.280 e. The van der Waals surface area contributed by atoms with E-state index in [4.69, 9.17) is 22.1 Å². The van der Waals surface area contributed by atoms with Gasteiger partial charge in [0.2, 0.25) is 18.2 Å². The summed E-state index contributed by atoms with van der Waals surface area (Å²) in [6.45, 7) is 14.0. The predicted octanol–water partition coefficient (Wildman–Crippen LogP) is 6.31. The Balaban J connectivity index is 0. The molecule has 8 nitrogen and oxygen atoms in total. The number of hydrogen-bond donors (Lipinski definition) is 1. The Morgan fingerprint density at radius 2 is 1.73 bits per heavy atom. The van der Waals surface area contributed by atoms with E-state index in [1.165, 1.54) is 48.8 Å². The van der Waals surface area contributed by atoms with Gasteiger partial charge < -0.3 is 15.4 Å². The molecule has 40 heavy (non-hydrogen) atoms. The quantitative estimate of drug-likeness (QED) is 0.243. The molecular weight excluding hydrogens is 542 g/mol. The number of primary amides is 1. The summed E-state index contributed by atoms with van der Waals surface area (Å²) in [5, 5.41) is -0.226. The summed E-state index contributed by atoms with van der Waals surface area (Å²) in [4.78, 5) is 37.7. The monoisotopic (exact) mass is 582 g/mol. The number of ether oxygens (including phenoxy) is 1. The third-order valence-corrected chi connectivity index (χ3v) is 5.22. The Morgan fingerprint density at radius 3 is 2.17 bits per heavy atom. The lowest BCUT2D eigenvalue weighted by Gasteiger charge is -2.12. The van der Waals surface area contributed by atoms with Crippen molar-refractivity contribution in [3.63, 3.8) is 0 Å². The highest BCUT2D eigenvalue weighted by atomic mass is 35.5. The van der Waals surface area contributed by atoms with Crippen LogP contribution in [0, 0.1) is 0 Å². The highest BCUT2D eigenvalue weighted by molar-refractivity contribution is 6.31. The number of likely N-dealkylation sites (N-methyl/N-ethyl adjacent to an activating group) is 1. The van der Waals surface area contributed by atoms with Gasteiger partial charge in [0.25, 0.3) is 5.56 Å². The molecular formula is C29H41ClF2N4O4. The van der Waals surface area contributed by atoms with Crippen molar-refractivity contribution in [1.82, 2.24) is 14.5 Å². The minimum absolute atomic E-state index is 0.0104. The van der Waals surface area contributed by atoms with Crippen LogP contribution in [0.5, 0.6) is 5.88 Å². The average Bonchev–Trinajstić information content (AvgIpc) is 2.93. The van der Waals surface area contributed by atoms with Crippen molar-refractivity contribution in [2.45, 2.75) is 55.4 Å². The number of aromatic nitrogens is 2. The number of halogens is 3. The first-order valence-corrected chi connectivity index (χ1v) is 12.8. The third kappa shape index (κ3) is 15.0. The molecule has 0 aromatic carbocycles. The molecule has 0 saturated carbocycles. The molecule has 0 radical (unpaired) electrons. The molecule has 0 unspecified atom stereocenters.